The molecule has 3 amide bonds. The van der Waals surface area contributed by atoms with Gasteiger partial charge in [0.05, 0.1) is 5.69 Å². The van der Waals surface area contributed by atoms with Gasteiger partial charge in [0, 0.05) is 16.8 Å². The number of rotatable bonds is 4. The molecule has 8 nitrogen and oxygen atoms in total. The summed E-state index contributed by atoms with van der Waals surface area (Å²) in [6.07, 6.45) is 1.07. The second-order valence-corrected chi connectivity index (χ2v) is 8.26. The van der Waals surface area contributed by atoms with E-state index in [0.717, 1.165) is 24.1 Å². The largest absolute Gasteiger partial charge is 0.448 e. The highest BCUT2D eigenvalue weighted by Gasteiger charge is 2.30. The van der Waals surface area contributed by atoms with Crippen molar-refractivity contribution in [3.8, 4) is 5.69 Å². The minimum atomic E-state index is -1.18. The molecule has 1 atom stereocenters. The Hall–Kier alpha value is -3.23. The summed E-state index contributed by atoms with van der Waals surface area (Å²) in [6, 6.07) is 5.15. The van der Waals surface area contributed by atoms with Crippen LogP contribution in [0.25, 0.3) is 5.69 Å². The van der Waals surface area contributed by atoms with Gasteiger partial charge in [-0.05, 0) is 71.2 Å². The van der Waals surface area contributed by atoms with Crippen molar-refractivity contribution in [3.63, 3.8) is 0 Å². The number of urea groups is 1. The number of aromatic nitrogens is 2. The molecule has 0 aliphatic heterocycles. The standard InChI is InChI=1S/C21H25FN4O4/c1-12(18(27)23-20(29)24-21(2,3)4)30-19(28)17-15-6-5-7-16(15)26(25-17)14-10-8-13(22)9-11-14/h8-12H,5-7H2,1-4H3,(H2,23,24,27,29)/t12-/m0/s1. The molecule has 30 heavy (non-hydrogen) atoms. The number of esters is 1. The molecular formula is C21H25FN4O4. The molecule has 1 aromatic heterocycles. The molecule has 1 aliphatic carbocycles. The van der Waals surface area contributed by atoms with Gasteiger partial charge in [0.25, 0.3) is 5.91 Å². The summed E-state index contributed by atoms with van der Waals surface area (Å²) in [5, 5.41) is 9.11. The first-order chi connectivity index (χ1) is 14.0. The third-order valence-corrected chi connectivity index (χ3v) is 4.57. The molecule has 2 N–H and O–H groups in total. The maximum Gasteiger partial charge on any atom is 0.359 e. The highest BCUT2D eigenvalue weighted by molar-refractivity contribution is 5.98. The molecule has 0 radical (unpaired) electrons. The van der Waals surface area contributed by atoms with E-state index in [1.54, 1.807) is 37.6 Å². The molecule has 0 fully saturated rings. The van der Waals surface area contributed by atoms with Crippen LogP contribution in [-0.2, 0) is 22.4 Å². The zero-order valence-electron chi connectivity index (χ0n) is 17.4. The molecule has 0 bridgehead atoms. The number of nitrogens with zero attached hydrogens (tertiary/aromatic N) is 2. The Morgan fingerprint density at radius 3 is 2.47 bits per heavy atom. The number of carbonyl (C=O) groups excluding carboxylic acids is 3. The predicted molar refractivity (Wildman–Crippen MR) is 107 cm³/mol. The highest BCUT2D eigenvalue weighted by Crippen LogP contribution is 2.28. The number of halogens is 1. The summed E-state index contributed by atoms with van der Waals surface area (Å²) in [7, 11) is 0. The third-order valence-electron chi connectivity index (χ3n) is 4.57. The van der Waals surface area contributed by atoms with Gasteiger partial charge in [-0.1, -0.05) is 0 Å². The van der Waals surface area contributed by atoms with E-state index in [4.69, 9.17) is 4.74 Å². The van der Waals surface area contributed by atoms with Crippen molar-refractivity contribution in [3.05, 3.63) is 47.0 Å². The van der Waals surface area contributed by atoms with Gasteiger partial charge in [-0.3, -0.25) is 10.1 Å². The molecule has 3 rings (SSSR count). The minimum absolute atomic E-state index is 0.130. The summed E-state index contributed by atoms with van der Waals surface area (Å²) < 4.78 is 20.1. The van der Waals surface area contributed by atoms with Gasteiger partial charge in [-0.15, -0.1) is 0 Å². The first-order valence-electron chi connectivity index (χ1n) is 9.76. The molecule has 1 heterocycles. The van der Waals surface area contributed by atoms with Crippen LogP contribution in [0.15, 0.2) is 24.3 Å². The van der Waals surface area contributed by atoms with E-state index in [0.29, 0.717) is 12.1 Å². The lowest BCUT2D eigenvalue weighted by Gasteiger charge is -2.21. The number of hydrogen-bond donors (Lipinski definition) is 2. The summed E-state index contributed by atoms with van der Waals surface area (Å²) >= 11 is 0. The molecule has 160 valence electrons. The number of nitrogens with one attached hydrogen (secondary N) is 2. The van der Waals surface area contributed by atoms with E-state index in [2.05, 4.69) is 15.7 Å². The minimum Gasteiger partial charge on any atom is -0.448 e. The molecule has 0 saturated carbocycles. The van der Waals surface area contributed by atoms with Gasteiger partial charge < -0.3 is 10.1 Å². The van der Waals surface area contributed by atoms with Gasteiger partial charge in [0.15, 0.2) is 11.8 Å². The Morgan fingerprint density at radius 1 is 1.17 bits per heavy atom. The summed E-state index contributed by atoms with van der Waals surface area (Å²) in [5.41, 5.74) is 1.89. The van der Waals surface area contributed by atoms with Crippen LogP contribution in [0.4, 0.5) is 9.18 Å². The van der Waals surface area contributed by atoms with Crippen molar-refractivity contribution in [2.75, 3.05) is 0 Å². The van der Waals surface area contributed by atoms with Crippen LogP contribution in [-0.4, -0.2) is 39.3 Å². The lowest BCUT2D eigenvalue weighted by Crippen LogP contribution is -2.50. The summed E-state index contributed by atoms with van der Waals surface area (Å²) in [5.74, 6) is -1.84. The zero-order chi connectivity index (χ0) is 22.1. The fourth-order valence-corrected chi connectivity index (χ4v) is 3.25. The number of hydrogen-bond acceptors (Lipinski definition) is 5. The number of carbonyl (C=O) groups is 3. The van der Waals surface area contributed by atoms with E-state index in [1.165, 1.54) is 19.1 Å². The number of benzene rings is 1. The van der Waals surface area contributed by atoms with Gasteiger partial charge in [-0.25, -0.2) is 18.7 Å². The Kier molecular flexibility index (Phi) is 5.91. The lowest BCUT2D eigenvalue weighted by molar-refractivity contribution is -0.127. The molecule has 2 aromatic rings. The van der Waals surface area contributed by atoms with E-state index in [9.17, 15) is 18.8 Å². The fourth-order valence-electron chi connectivity index (χ4n) is 3.25. The van der Waals surface area contributed by atoms with Crippen LogP contribution in [0.3, 0.4) is 0 Å². The quantitative estimate of drug-likeness (QED) is 0.746. The van der Waals surface area contributed by atoms with Crippen molar-refractivity contribution >= 4 is 17.9 Å². The Morgan fingerprint density at radius 2 is 1.83 bits per heavy atom. The van der Waals surface area contributed by atoms with Gasteiger partial charge in [0.1, 0.15) is 5.82 Å². The average Bonchev–Trinajstić information content (AvgIpc) is 3.23. The smallest absolute Gasteiger partial charge is 0.359 e. The van der Waals surface area contributed by atoms with E-state index in [1.807, 2.05) is 0 Å². The first kappa shape index (κ1) is 21.5. The Balaban J connectivity index is 1.73. The first-order valence-corrected chi connectivity index (χ1v) is 9.76. The lowest BCUT2D eigenvalue weighted by atomic mass is 10.1. The highest BCUT2D eigenvalue weighted by atomic mass is 19.1. The monoisotopic (exact) mass is 416 g/mol. The average molecular weight is 416 g/mol. The fraction of sp³-hybridized carbons (Fsp3) is 0.429. The van der Waals surface area contributed by atoms with E-state index >= 15 is 0 Å². The molecular weight excluding hydrogens is 391 g/mol. The second kappa shape index (κ2) is 8.25. The Bertz CT molecular complexity index is 976. The predicted octanol–water partition coefficient (Wildman–Crippen LogP) is 2.67. The SMILES string of the molecule is C[C@H](OC(=O)c1nn(-c2ccc(F)cc2)c2c1CCC2)C(=O)NC(=O)NC(C)(C)C. The van der Waals surface area contributed by atoms with Crippen molar-refractivity contribution in [1.82, 2.24) is 20.4 Å². The Labute approximate surface area is 173 Å². The van der Waals surface area contributed by atoms with Crippen molar-refractivity contribution in [2.24, 2.45) is 0 Å². The zero-order valence-corrected chi connectivity index (χ0v) is 17.4. The van der Waals surface area contributed by atoms with Crippen molar-refractivity contribution < 1.29 is 23.5 Å². The molecule has 9 heteroatoms. The normalized spacial score (nSPS) is 14.0. The van der Waals surface area contributed by atoms with E-state index in [-0.39, 0.29) is 11.5 Å². The van der Waals surface area contributed by atoms with Gasteiger partial charge >= 0.3 is 12.0 Å². The number of fused-ring (bicyclic) bond motifs is 1. The van der Waals surface area contributed by atoms with Crippen LogP contribution in [0.1, 0.15) is 55.9 Å². The summed E-state index contributed by atoms with van der Waals surface area (Å²) in [6.45, 7) is 6.71. The van der Waals surface area contributed by atoms with Crippen LogP contribution >= 0.6 is 0 Å². The number of amides is 3. The maximum absolute atomic E-state index is 13.2. The number of ether oxygens (including phenoxy) is 1. The molecule has 0 spiro atoms. The molecule has 1 aliphatic rings. The van der Waals surface area contributed by atoms with Crippen molar-refractivity contribution in [1.29, 1.82) is 0 Å². The number of imide groups is 1. The van der Waals surface area contributed by atoms with Crippen LogP contribution in [0.5, 0.6) is 0 Å². The maximum atomic E-state index is 13.2. The van der Waals surface area contributed by atoms with E-state index < -0.39 is 29.6 Å². The van der Waals surface area contributed by atoms with Gasteiger partial charge in [-0.2, -0.15) is 5.10 Å². The van der Waals surface area contributed by atoms with Crippen LogP contribution in [0.2, 0.25) is 0 Å². The second-order valence-electron chi connectivity index (χ2n) is 8.26. The molecule has 0 unspecified atom stereocenters. The molecule has 0 saturated heterocycles. The topological polar surface area (TPSA) is 102 Å². The van der Waals surface area contributed by atoms with Crippen LogP contribution < -0.4 is 10.6 Å². The van der Waals surface area contributed by atoms with Crippen molar-refractivity contribution in [2.45, 2.75) is 58.6 Å². The third kappa shape index (κ3) is 4.84. The molecule has 1 aromatic carbocycles. The van der Waals surface area contributed by atoms with Crippen LogP contribution in [0, 0.1) is 5.82 Å². The summed E-state index contributed by atoms with van der Waals surface area (Å²) in [4.78, 5) is 36.7. The van der Waals surface area contributed by atoms with Gasteiger partial charge in [0.2, 0.25) is 0 Å².